The van der Waals surface area contributed by atoms with Crippen molar-refractivity contribution in [2.45, 2.75) is 25.7 Å². The molecule has 1 heterocycles. The Morgan fingerprint density at radius 2 is 1.54 bits per heavy atom. The van der Waals surface area contributed by atoms with Crippen molar-refractivity contribution in [3.63, 3.8) is 0 Å². The van der Waals surface area contributed by atoms with Crippen LogP contribution >= 0.6 is 0 Å². The highest BCUT2D eigenvalue weighted by molar-refractivity contribution is 5.73. The molecule has 4 aromatic carbocycles. The molecule has 0 saturated heterocycles. The summed E-state index contributed by atoms with van der Waals surface area (Å²) in [4.78, 5) is 13.9. The van der Waals surface area contributed by atoms with Crippen molar-refractivity contribution in [3.05, 3.63) is 120 Å². The second kappa shape index (κ2) is 11.6. The molecule has 37 heavy (non-hydrogen) atoms. The highest BCUT2D eigenvalue weighted by Crippen LogP contribution is 2.38. The van der Waals surface area contributed by atoms with Crippen molar-refractivity contribution in [3.8, 4) is 11.5 Å². The second-order valence-corrected chi connectivity index (χ2v) is 8.86. The number of hydrogen-bond acceptors (Lipinski definition) is 5. The summed E-state index contributed by atoms with van der Waals surface area (Å²) in [6, 6.07) is 33.4. The van der Waals surface area contributed by atoms with Gasteiger partial charge in [0.15, 0.2) is 6.10 Å². The summed E-state index contributed by atoms with van der Waals surface area (Å²) >= 11 is 0. The van der Waals surface area contributed by atoms with Gasteiger partial charge in [-0.3, -0.25) is 0 Å². The van der Waals surface area contributed by atoms with Gasteiger partial charge in [-0.25, -0.2) is 4.79 Å². The quantitative estimate of drug-likeness (QED) is 0.291. The van der Waals surface area contributed by atoms with E-state index in [4.69, 9.17) is 14.2 Å². The first-order valence-electron chi connectivity index (χ1n) is 12.3. The van der Waals surface area contributed by atoms with Crippen molar-refractivity contribution in [2.75, 3.05) is 18.1 Å². The molecular formula is C31H29NO5. The minimum absolute atomic E-state index is 0.257. The lowest BCUT2D eigenvalue weighted by Gasteiger charge is -2.25. The molecule has 6 nitrogen and oxygen atoms in total. The zero-order valence-electron chi connectivity index (χ0n) is 20.5. The predicted molar refractivity (Wildman–Crippen MR) is 143 cm³/mol. The maximum Gasteiger partial charge on any atom is 0.333 e. The second-order valence-electron chi connectivity index (χ2n) is 8.86. The molecule has 1 atom stereocenters. The summed E-state index contributed by atoms with van der Waals surface area (Å²) < 4.78 is 17.8. The minimum Gasteiger partial charge on any atom is -0.492 e. The van der Waals surface area contributed by atoms with Gasteiger partial charge < -0.3 is 24.2 Å². The van der Waals surface area contributed by atoms with Gasteiger partial charge in [-0.15, -0.1) is 0 Å². The average molecular weight is 496 g/mol. The normalized spacial score (nSPS) is 13.0. The molecule has 0 radical (unpaired) electrons. The molecule has 1 aliphatic rings. The van der Waals surface area contributed by atoms with Crippen molar-refractivity contribution in [1.29, 1.82) is 0 Å². The standard InChI is InChI=1S/C31H29NO5/c33-31(34)30(36-21-24-8-2-1-3-9-24)20-23-14-16-26(17-15-23)35-19-18-32-27-11-5-4-10-25(27)22-37-29-13-7-6-12-28(29)32/h1-17,30H,18-22H2,(H,33,34). The topological polar surface area (TPSA) is 68.2 Å². The van der Waals surface area contributed by atoms with Crippen LogP contribution in [0.3, 0.4) is 0 Å². The van der Waals surface area contributed by atoms with Gasteiger partial charge in [-0.1, -0.05) is 72.8 Å². The maximum atomic E-state index is 11.7. The Hall–Kier alpha value is -4.29. The summed E-state index contributed by atoms with van der Waals surface area (Å²) in [6.07, 6.45) is -0.638. The van der Waals surface area contributed by atoms with E-state index in [9.17, 15) is 9.90 Å². The van der Waals surface area contributed by atoms with E-state index in [-0.39, 0.29) is 13.0 Å². The van der Waals surface area contributed by atoms with Crippen LogP contribution in [-0.2, 0) is 29.2 Å². The fraction of sp³-hybridized carbons (Fsp3) is 0.194. The summed E-state index contributed by atoms with van der Waals surface area (Å²) in [5, 5.41) is 9.60. The molecule has 0 fully saturated rings. The van der Waals surface area contributed by atoms with E-state index in [0.717, 1.165) is 39.6 Å². The number of anilines is 2. The highest BCUT2D eigenvalue weighted by atomic mass is 16.5. The zero-order chi connectivity index (χ0) is 25.5. The molecule has 0 amide bonds. The highest BCUT2D eigenvalue weighted by Gasteiger charge is 2.21. The summed E-state index contributed by atoms with van der Waals surface area (Å²) in [5.74, 6) is 0.609. The van der Waals surface area contributed by atoms with E-state index < -0.39 is 12.1 Å². The molecule has 0 aromatic heterocycles. The first-order chi connectivity index (χ1) is 18.2. The Bertz CT molecular complexity index is 1280. The smallest absolute Gasteiger partial charge is 0.333 e. The number of benzene rings is 4. The summed E-state index contributed by atoms with van der Waals surface area (Å²) in [6.45, 7) is 1.90. The van der Waals surface area contributed by atoms with Crippen LogP contribution in [-0.4, -0.2) is 30.3 Å². The lowest BCUT2D eigenvalue weighted by molar-refractivity contribution is -0.151. The molecule has 188 valence electrons. The van der Waals surface area contributed by atoms with Crippen LogP contribution in [0.2, 0.25) is 0 Å². The number of carboxylic acid groups (broad SMARTS) is 1. The molecule has 0 bridgehead atoms. The van der Waals surface area contributed by atoms with Gasteiger partial charge in [0, 0.05) is 17.7 Å². The van der Waals surface area contributed by atoms with Crippen molar-refractivity contribution >= 4 is 17.3 Å². The SMILES string of the molecule is O=C(O)C(Cc1ccc(OCCN2c3ccccc3COc3ccccc32)cc1)OCc1ccccc1. The van der Waals surface area contributed by atoms with Crippen LogP contribution in [0.5, 0.6) is 11.5 Å². The third-order valence-corrected chi connectivity index (χ3v) is 6.32. The van der Waals surface area contributed by atoms with Crippen LogP contribution in [0.25, 0.3) is 0 Å². The molecule has 4 aromatic rings. The molecule has 0 saturated carbocycles. The number of aliphatic carboxylic acids is 1. The largest absolute Gasteiger partial charge is 0.492 e. The number of para-hydroxylation sites is 3. The van der Waals surface area contributed by atoms with Gasteiger partial charge in [0.25, 0.3) is 0 Å². The van der Waals surface area contributed by atoms with Gasteiger partial charge >= 0.3 is 5.97 Å². The van der Waals surface area contributed by atoms with Gasteiger partial charge in [0.2, 0.25) is 0 Å². The molecule has 1 N–H and O–H groups in total. The Morgan fingerprint density at radius 1 is 0.838 bits per heavy atom. The fourth-order valence-corrected chi connectivity index (χ4v) is 4.40. The molecule has 6 heteroatoms. The summed E-state index contributed by atoms with van der Waals surface area (Å²) in [5.41, 5.74) is 5.08. The van der Waals surface area contributed by atoms with Crippen molar-refractivity contribution < 1.29 is 24.1 Å². The van der Waals surface area contributed by atoms with E-state index in [1.165, 1.54) is 0 Å². The Morgan fingerprint density at radius 3 is 2.32 bits per heavy atom. The van der Waals surface area contributed by atoms with Crippen LogP contribution in [0, 0.1) is 0 Å². The van der Waals surface area contributed by atoms with Crippen LogP contribution < -0.4 is 14.4 Å². The number of hydrogen-bond donors (Lipinski definition) is 1. The van der Waals surface area contributed by atoms with Gasteiger partial charge in [0.1, 0.15) is 24.7 Å². The third kappa shape index (κ3) is 6.11. The third-order valence-electron chi connectivity index (χ3n) is 6.32. The first-order valence-corrected chi connectivity index (χ1v) is 12.3. The van der Waals surface area contributed by atoms with E-state index in [2.05, 4.69) is 23.1 Å². The van der Waals surface area contributed by atoms with E-state index in [1.807, 2.05) is 84.9 Å². The Balaban J connectivity index is 1.20. The van der Waals surface area contributed by atoms with Crippen LogP contribution in [0.4, 0.5) is 11.4 Å². The summed E-state index contributed by atoms with van der Waals surface area (Å²) in [7, 11) is 0. The number of nitrogens with zero attached hydrogens (tertiary/aromatic N) is 1. The number of carboxylic acids is 1. The maximum absolute atomic E-state index is 11.7. The predicted octanol–water partition coefficient (Wildman–Crippen LogP) is 6.01. The lowest BCUT2D eigenvalue weighted by atomic mass is 10.1. The number of ether oxygens (including phenoxy) is 3. The average Bonchev–Trinajstić information content (AvgIpc) is 3.09. The molecule has 1 unspecified atom stereocenters. The molecule has 5 rings (SSSR count). The van der Waals surface area contributed by atoms with E-state index in [0.29, 0.717) is 19.8 Å². The Labute approximate surface area is 216 Å². The zero-order valence-corrected chi connectivity index (χ0v) is 20.5. The number of fused-ring (bicyclic) bond motifs is 2. The van der Waals surface area contributed by atoms with Gasteiger partial charge in [-0.05, 0) is 41.5 Å². The van der Waals surface area contributed by atoms with Crippen molar-refractivity contribution in [2.24, 2.45) is 0 Å². The molecule has 0 aliphatic carbocycles. The molecule has 0 spiro atoms. The first kappa shape index (κ1) is 24.4. The van der Waals surface area contributed by atoms with E-state index in [1.54, 1.807) is 0 Å². The number of rotatable bonds is 10. The molecular weight excluding hydrogens is 466 g/mol. The monoisotopic (exact) mass is 495 g/mol. The molecule has 1 aliphatic heterocycles. The Kier molecular flexibility index (Phi) is 7.67. The van der Waals surface area contributed by atoms with Gasteiger partial charge in [-0.2, -0.15) is 0 Å². The van der Waals surface area contributed by atoms with Crippen LogP contribution in [0.15, 0.2) is 103 Å². The lowest BCUT2D eigenvalue weighted by Crippen LogP contribution is -2.26. The minimum atomic E-state index is -0.974. The van der Waals surface area contributed by atoms with E-state index >= 15 is 0 Å². The fourth-order valence-electron chi connectivity index (χ4n) is 4.40. The number of carbonyl (C=O) groups is 1. The van der Waals surface area contributed by atoms with Crippen LogP contribution in [0.1, 0.15) is 16.7 Å². The van der Waals surface area contributed by atoms with Crippen molar-refractivity contribution in [1.82, 2.24) is 0 Å². The van der Waals surface area contributed by atoms with Gasteiger partial charge in [0.05, 0.1) is 18.8 Å².